The fraction of sp³-hybridized carbons (Fsp3) is 0.462. The van der Waals surface area contributed by atoms with Crippen LogP contribution >= 0.6 is 23.2 Å². The van der Waals surface area contributed by atoms with E-state index < -0.39 is 0 Å². The minimum atomic E-state index is -0.0995. The van der Waals surface area contributed by atoms with Gasteiger partial charge in [0.25, 0.3) is 0 Å². The topological polar surface area (TPSA) is 41.1 Å². The molecular weight excluding hydrogens is 271 g/mol. The molecule has 0 fully saturated rings. The summed E-state index contributed by atoms with van der Waals surface area (Å²) in [5, 5.41) is 6.87. The van der Waals surface area contributed by atoms with E-state index in [1.54, 1.807) is 6.07 Å². The van der Waals surface area contributed by atoms with Crippen LogP contribution in [0.25, 0.3) is 0 Å². The third-order valence-electron chi connectivity index (χ3n) is 2.45. The van der Waals surface area contributed by atoms with Crippen LogP contribution in [0.15, 0.2) is 12.1 Å². The van der Waals surface area contributed by atoms with Crippen molar-refractivity contribution in [1.29, 1.82) is 0 Å². The molecule has 0 saturated carbocycles. The van der Waals surface area contributed by atoms with Gasteiger partial charge in [0.2, 0.25) is 5.91 Å². The molecule has 1 rings (SSSR count). The molecule has 1 aromatic rings. The summed E-state index contributed by atoms with van der Waals surface area (Å²) in [6, 6.07) is 3.91. The molecule has 0 aromatic heterocycles. The zero-order valence-electron chi connectivity index (χ0n) is 10.8. The van der Waals surface area contributed by atoms with Crippen molar-refractivity contribution in [3.63, 3.8) is 0 Å². The van der Waals surface area contributed by atoms with Crippen LogP contribution in [0.3, 0.4) is 0 Å². The predicted molar refractivity (Wildman–Crippen MR) is 77.6 cm³/mol. The highest BCUT2D eigenvalue weighted by Gasteiger charge is 2.11. The quantitative estimate of drug-likeness (QED) is 0.869. The van der Waals surface area contributed by atoms with Crippen molar-refractivity contribution >= 4 is 34.8 Å². The molecule has 0 aliphatic heterocycles. The molecule has 1 amide bonds. The average molecular weight is 289 g/mol. The van der Waals surface area contributed by atoms with Crippen LogP contribution in [0, 0.1) is 6.92 Å². The Morgan fingerprint density at radius 2 is 2.00 bits per heavy atom. The van der Waals surface area contributed by atoms with Crippen molar-refractivity contribution < 1.29 is 4.79 Å². The highest BCUT2D eigenvalue weighted by Crippen LogP contribution is 2.32. The molecule has 5 heteroatoms. The summed E-state index contributed by atoms with van der Waals surface area (Å²) in [5.74, 6) is -0.0995. The molecule has 1 aromatic carbocycles. The molecule has 0 atom stereocenters. The van der Waals surface area contributed by atoms with Crippen molar-refractivity contribution in [3.8, 4) is 0 Å². The maximum Gasteiger partial charge on any atom is 0.225 e. The molecule has 2 N–H and O–H groups in total. The number of carbonyl (C=O) groups excluding carboxylic acids is 1. The number of halogens is 2. The molecule has 0 unspecified atom stereocenters. The summed E-state index contributed by atoms with van der Waals surface area (Å²) in [6.07, 6.45) is 0.388. The van der Waals surface area contributed by atoms with E-state index in [9.17, 15) is 4.79 Å². The van der Waals surface area contributed by atoms with E-state index in [1.807, 2.05) is 26.8 Å². The lowest BCUT2D eigenvalue weighted by Crippen LogP contribution is -2.27. The number of nitrogens with one attached hydrogen (secondary N) is 2. The molecule has 0 saturated heterocycles. The van der Waals surface area contributed by atoms with Crippen LogP contribution in [0.2, 0.25) is 10.0 Å². The lowest BCUT2D eigenvalue weighted by atomic mass is 10.2. The van der Waals surface area contributed by atoms with Crippen molar-refractivity contribution in [2.75, 3.05) is 11.9 Å². The normalized spacial score (nSPS) is 10.8. The summed E-state index contributed by atoms with van der Waals surface area (Å²) in [4.78, 5) is 11.7. The van der Waals surface area contributed by atoms with Gasteiger partial charge >= 0.3 is 0 Å². The second-order valence-electron chi connectivity index (χ2n) is 4.46. The van der Waals surface area contributed by atoms with E-state index in [2.05, 4.69) is 10.6 Å². The first-order valence-electron chi connectivity index (χ1n) is 5.89. The molecule has 0 heterocycles. The number of amides is 1. The van der Waals surface area contributed by atoms with E-state index in [-0.39, 0.29) is 5.91 Å². The maximum atomic E-state index is 11.7. The van der Waals surface area contributed by atoms with E-state index in [1.165, 1.54) is 0 Å². The molecule has 0 bridgehead atoms. The maximum absolute atomic E-state index is 11.7. The first-order valence-corrected chi connectivity index (χ1v) is 6.65. The SMILES string of the molecule is Cc1ccc(Cl)c(NC(=O)CCNC(C)C)c1Cl. The summed E-state index contributed by atoms with van der Waals surface area (Å²) in [7, 11) is 0. The zero-order valence-corrected chi connectivity index (χ0v) is 12.3. The third kappa shape index (κ3) is 4.48. The number of carbonyl (C=O) groups is 1. The second-order valence-corrected chi connectivity index (χ2v) is 5.25. The van der Waals surface area contributed by atoms with Gasteiger partial charge in [-0.1, -0.05) is 43.1 Å². The first kappa shape index (κ1) is 15.3. The summed E-state index contributed by atoms with van der Waals surface area (Å²) >= 11 is 12.1. The zero-order chi connectivity index (χ0) is 13.7. The fourth-order valence-corrected chi connectivity index (χ4v) is 1.91. The van der Waals surface area contributed by atoms with Gasteiger partial charge in [-0.25, -0.2) is 0 Å². The monoisotopic (exact) mass is 288 g/mol. The molecule has 0 radical (unpaired) electrons. The second kappa shape index (κ2) is 6.98. The summed E-state index contributed by atoms with van der Waals surface area (Å²) < 4.78 is 0. The summed E-state index contributed by atoms with van der Waals surface area (Å²) in [5.41, 5.74) is 1.38. The molecule has 100 valence electrons. The number of aryl methyl sites for hydroxylation is 1. The molecule has 0 aliphatic rings. The number of benzene rings is 1. The molecular formula is C13H18Cl2N2O. The Kier molecular flexibility index (Phi) is 5.93. The van der Waals surface area contributed by atoms with Crippen LogP contribution in [-0.4, -0.2) is 18.5 Å². The molecule has 0 aliphatic carbocycles. The third-order valence-corrected chi connectivity index (χ3v) is 3.26. The van der Waals surface area contributed by atoms with Gasteiger partial charge in [0.05, 0.1) is 15.7 Å². The molecule has 18 heavy (non-hydrogen) atoms. The van der Waals surface area contributed by atoms with Gasteiger partial charge in [-0.05, 0) is 18.6 Å². The van der Waals surface area contributed by atoms with Crippen molar-refractivity contribution in [2.45, 2.75) is 33.2 Å². The van der Waals surface area contributed by atoms with Crippen LogP contribution in [0.5, 0.6) is 0 Å². The smallest absolute Gasteiger partial charge is 0.225 e. The number of hydrogen-bond acceptors (Lipinski definition) is 2. The number of rotatable bonds is 5. The summed E-state index contributed by atoms with van der Waals surface area (Å²) in [6.45, 7) is 6.57. The lowest BCUT2D eigenvalue weighted by molar-refractivity contribution is -0.116. The standard InChI is InChI=1S/C13H18Cl2N2O/c1-8(2)16-7-6-11(18)17-13-10(14)5-4-9(3)12(13)15/h4-5,8,16H,6-7H2,1-3H3,(H,17,18). The first-order chi connectivity index (χ1) is 8.41. The number of hydrogen-bond donors (Lipinski definition) is 2. The van der Waals surface area contributed by atoms with Gasteiger partial charge in [0.1, 0.15) is 0 Å². The Labute approximate surface area is 118 Å². The minimum absolute atomic E-state index is 0.0995. The largest absolute Gasteiger partial charge is 0.323 e. The van der Waals surface area contributed by atoms with E-state index in [4.69, 9.17) is 23.2 Å². The highest BCUT2D eigenvalue weighted by atomic mass is 35.5. The van der Waals surface area contributed by atoms with Crippen LogP contribution in [-0.2, 0) is 4.79 Å². The molecule has 0 spiro atoms. The Bertz CT molecular complexity index is 433. The Morgan fingerprint density at radius 3 is 2.61 bits per heavy atom. The van der Waals surface area contributed by atoms with Gasteiger partial charge in [-0.15, -0.1) is 0 Å². The minimum Gasteiger partial charge on any atom is -0.323 e. The Morgan fingerprint density at radius 1 is 1.33 bits per heavy atom. The fourth-order valence-electron chi connectivity index (χ4n) is 1.45. The van der Waals surface area contributed by atoms with Gasteiger partial charge in [0, 0.05) is 19.0 Å². The Hall–Kier alpha value is -0.770. The van der Waals surface area contributed by atoms with Gasteiger partial charge in [-0.2, -0.15) is 0 Å². The predicted octanol–water partition coefficient (Wildman–Crippen LogP) is 3.63. The van der Waals surface area contributed by atoms with Gasteiger partial charge < -0.3 is 10.6 Å². The lowest BCUT2D eigenvalue weighted by Gasteiger charge is -2.12. The van der Waals surface area contributed by atoms with Gasteiger partial charge in [0.15, 0.2) is 0 Å². The van der Waals surface area contributed by atoms with Gasteiger partial charge in [-0.3, -0.25) is 4.79 Å². The van der Waals surface area contributed by atoms with Crippen molar-refractivity contribution in [1.82, 2.24) is 5.32 Å². The van der Waals surface area contributed by atoms with E-state index >= 15 is 0 Å². The average Bonchev–Trinajstić information content (AvgIpc) is 2.29. The Balaban J connectivity index is 2.62. The van der Waals surface area contributed by atoms with Crippen LogP contribution in [0.1, 0.15) is 25.8 Å². The van der Waals surface area contributed by atoms with E-state index in [0.717, 1.165) is 5.56 Å². The van der Waals surface area contributed by atoms with E-state index in [0.29, 0.717) is 34.7 Å². The van der Waals surface area contributed by atoms with Crippen molar-refractivity contribution in [2.24, 2.45) is 0 Å². The van der Waals surface area contributed by atoms with Crippen LogP contribution < -0.4 is 10.6 Å². The van der Waals surface area contributed by atoms with Crippen LogP contribution in [0.4, 0.5) is 5.69 Å². The van der Waals surface area contributed by atoms with Crippen molar-refractivity contribution in [3.05, 3.63) is 27.7 Å². The highest BCUT2D eigenvalue weighted by molar-refractivity contribution is 6.40. The number of anilines is 1. The molecule has 3 nitrogen and oxygen atoms in total.